The zero-order valence-corrected chi connectivity index (χ0v) is 8.08. The molecule has 2 N–H and O–H groups in total. The van der Waals surface area contributed by atoms with E-state index < -0.39 is 0 Å². The van der Waals surface area contributed by atoms with Crippen LogP contribution in [-0.2, 0) is 0 Å². The molecule has 0 bridgehead atoms. The maximum absolute atomic E-state index is 5.53. The number of tetrazole rings is 1. The number of aromatic nitrogens is 4. The predicted octanol–water partition coefficient (Wildman–Crippen LogP) is 0.569. The van der Waals surface area contributed by atoms with Crippen molar-refractivity contribution in [2.75, 3.05) is 17.2 Å². The third-order valence-electron chi connectivity index (χ3n) is 1.50. The van der Waals surface area contributed by atoms with Crippen LogP contribution in [0.5, 0.6) is 0 Å². The van der Waals surface area contributed by atoms with E-state index in [2.05, 4.69) is 29.4 Å². The van der Waals surface area contributed by atoms with Crippen LogP contribution in [-0.4, -0.2) is 31.7 Å². The average Bonchev–Trinajstić information content (AvgIpc) is 2.47. The van der Waals surface area contributed by atoms with Gasteiger partial charge in [0.05, 0.1) is 6.04 Å². The fraction of sp³-hybridized carbons (Fsp3) is 0.833. The Morgan fingerprint density at radius 3 is 2.92 bits per heavy atom. The minimum atomic E-state index is 0.268. The molecule has 68 valence electrons. The lowest BCUT2D eigenvalue weighted by molar-refractivity contribution is 0.528. The molecule has 1 aromatic rings. The number of nitrogens with two attached hydrogens (primary N) is 1. The van der Waals surface area contributed by atoms with Gasteiger partial charge in [-0.1, -0.05) is 12.0 Å². The predicted molar refractivity (Wildman–Crippen MR) is 49.9 cm³/mol. The normalized spacial score (nSPS) is 13.2. The fourth-order valence-corrected chi connectivity index (χ4v) is 1.59. The van der Waals surface area contributed by atoms with Gasteiger partial charge in [-0.25, -0.2) is 4.68 Å². The van der Waals surface area contributed by atoms with E-state index in [4.69, 9.17) is 5.73 Å². The minimum Gasteiger partial charge on any atom is -0.367 e. The van der Waals surface area contributed by atoms with Crippen LogP contribution in [0.25, 0.3) is 0 Å². The lowest BCUT2D eigenvalue weighted by Gasteiger charge is -2.09. The lowest BCUT2D eigenvalue weighted by Crippen LogP contribution is -2.12. The second kappa shape index (κ2) is 4.30. The Morgan fingerprint density at radius 1 is 1.67 bits per heavy atom. The summed E-state index contributed by atoms with van der Waals surface area (Å²) in [5.74, 6) is 2.48. The van der Waals surface area contributed by atoms with E-state index in [-0.39, 0.29) is 6.04 Å². The summed E-state index contributed by atoms with van der Waals surface area (Å²) < 4.78 is 1.64. The first kappa shape index (κ1) is 9.31. The topological polar surface area (TPSA) is 69.6 Å². The molecule has 0 saturated heterocycles. The Labute approximate surface area is 75.7 Å². The van der Waals surface area contributed by atoms with E-state index in [1.165, 1.54) is 0 Å². The second-order valence-corrected chi connectivity index (χ2v) is 3.81. The minimum absolute atomic E-state index is 0.268. The monoisotopic (exact) mass is 187 g/mol. The van der Waals surface area contributed by atoms with E-state index in [9.17, 15) is 0 Å². The van der Waals surface area contributed by atoms with Crippen LogP contribution in [0.4, 0.5) is 5.95 Å². The Morgan fingerprint density at radius 2 is 2.42 bits per heavy atom. The SMILES string of the molecule is CCSCC(C)n1nnnc1N. The highest BCUT2D eigenvalue weighted by Gasteiger charge is 2.09. The number of thioether (sulfide) groups is 1. The Kier molecular flexibility index (Phi) is 3.33. The molecule has 0 fully saturated rings. The molecule has 12 heavy (non-hydrogen) atoms. The Hall–Kier alpha value is -0.780. The number of nitrogen functional groups attached to an aromatic ring is 1. The van der Waals surface area contributed by atoms with Crippen molar-refractivity contribution in [1.29, 1.82) is 0 Å². The van der Waals surface area contributed by atoms with Crippen molar-refractivity contribution in [3.63, 3.8) is 0 Å². The van der Waals surface area contributed by atoms with Gasteiger partial charge in [0, 0.05) is 5.75 Å². The third-order valence-corrected chi connectivity index (χ3v) is 2.63. The van der Waals surface area contributed by atoms with Crippen molar-refractivity contribution in [2.24, 2.45) is 0 Å². The summed E-state index contributed by atoms with van der Waals surface area (Å²) in [7, 11) is 0. The van der Waals surface area contributed by atoms with Crippen molar-refractivity contribution in [1.82, 2.24) is 20.2 Å². The smallest absolute Gasteiger partial charge is 0.240 e. The first-order chi connectivity index (χ1) is 5.75. The van der Waals surface area contributed by atoms with E-state index in [0.29, 0.717) is 5.95 Å². The molecule has 6 heteroatoms. The summed E-state index contributed by atoms with van der Waals surface area (Å²) in [4.78, 5) is 0. The van der Waals surface area contributed by atoms with E-state index in [1.807, 2.05) is 11.8 Å². The lowest BCUT2D eigenvalue weighted by atomic mass is 10.4. The summed E-state index contributed by atoms with van der Waals surface area (Å²) in [5, 5.41) is 10.9. The fourth-order valence-electron chi connectivity index (χ4n) is 0.874. The molecule has 1 atom stereocenters. The first-order valence-corrected chi connectivity index (χ1v) is 5.02. The molecular weight excluding hydrogens is 174 g/mol. The number of anilines is 1. The van der Waals surface area contributed by atoms with Gasteiger partial charge in [0.1, 0.15) is 0 Å². The largest absolute Gasteiger partial charge is 0.367 e. The molecule has 0 saturated carbocycles. The summed E-state index contributed by atoms with van der Waals surface area (Å²) in [5.41, 5.74) is 5.53. The molecule has 1 rings (SSSR count). The molecule has 0 spiro atoms. The van der Waals surface area contributed by atoms with Gasteiger partial charge < -0.3 is 5.73 Å². The number of rotatable bonds is 4. The van der Waals surface area contributed by atoms with Crippen LogP contribution in [0.1, 0.15) is 19.9 Å². The molecular formula is C6H13N5S. The van der Waals surface area contributed by atoms with Gasteiger partial charge in [-0.2, -0.15) is 11.8 Å². The van der Waals surface area contributed by atoms with Crippen molar-refractivity contribution in [3.05, 3.63) is 0 Å². The average molecular weight is 187 g/mol. The molecule has 1 heterocycles. The third kappa shape index (κ3) is 2.10. The summed E-state index contributed by atoms with van der Waals surface area (Å²) in [6, 6.07) is 0.268. The molecule has 5 nitrogen and oxygen atoms in total. The number of hydrogen-bond donors (Lipinski definition) is 1. The zero-order chi connectivity index (χ0) is 8.97. The van der Waals surface area contributed by atoms with Gasteiger partial charge in [0.2, 0.25) is 5.95 Å². The van der Waals surface area contributed by atoms with Gasteiger partial charge in [-0.3, -0.25) is 0 Å². The zero-order valence-electron chi connectivity index (χ0n) is 7.27. The molecule has 1 aromatic heterocycles. The molecule has 0 radical (unpaired) electrons. The Bertz CT molecular complexity index is 236. The van der Waals surface area contributed by atoms with E-state index >= 15 is 0 Å². The highest BCUT2D eigenvalue weighted by molar-refractivity contribution is 7.99. The first-order valence-electron chi connectivity index (χ1n) is 3.86. The maximum Gasteiger partial charge on any atom is 0.240 e. The van der Waals surface area contributed by atoms with E-state index in [0.717, 1.165) is 11.5 Å². The summed E-state index contributed by atoms with van der Waals surface area (Å²) in [6.07, 6.45) is 0. The van der Waals surface area contributed by atoms with Gasteiger partial charge in [-0.15, -0.1) is 0 Å². The van der Waals surface area contributed by atoms with Crippen molar-refractivity contribution >= 4 is 17.7 Å². The van der Waals surface area contributed by atoms with Crippen LogP contribution >= 0.6 is 11.8 Å². The molecule has 0 amide bonds. The van der Waals surface area contributed by atoms with Crippen LogP contribution in [0.2, 0.25) is 0 Å². The highest BCUT2D eigenvalue weighted by atomic mass is 32.2. The van der Waals surface area contributed by atoms with Crippen LogP contribution in [0.15, 0.2) is 0 Å². The quantitative estimate of drug-likeness (QED) is 0.746. The van der Waals surface area contributed by atoms with Crippen LogP contribution in [0, 0.1) is 0 Å². The standard InChI is InChI=1S/C6H13N5S/c1-3-12-4-5(2)11-6(7)8-9-10-11/h5H,3-4H2,1-2H3,(H2,7,8,10). The second-order valence-electron chi connectivity index (χ2n) is 2.49. The molecule has 0 aliphatic carbocycles. The van der Waals surface area contributed by atoms with Gasteiger partial charge in [0.15, 0.2) is 0 Å². The van der Waals surface area contributed by atoms with E-state index in [1.54, 1.807) is 4.68 Å². The molecule has 0 aliphatic heterocycles. The number of hydrogen-bond acceptors (Lipinski definition) is 5. The summed E-state index contributed by atoms with van der Waals surface area (Å²) in [6.45, 7) is 4.18. The van der Waals surface area contributed by atoms with Crippen molar-refractivity contribution in [2.45, 2.75) is 19.9 Å². The van der Waals surface area contributed by atoms with Gasteiger partial charge >= 0.3 is 0 Å². The van der Waals surface area contributed by atoms with Gasteiger partial charge in [0.25, 0.3) is 0 Å². The molecule has 0 aliphatic rings. The van der Waals surface area contributed by atoms with Crippen molar-refractivity contribution < 1.29 is 0 Å². The van der Waals surface area contributed by atoms with Crippen LogP contribution < -0.4 is 5.73 Å². The van der Waals surface area contributed by atoms with Gasteiger partial charge in [-0.05, 0) is 23.1 Å². The molecule has 1 unspecified atom stereocenters. The highest BCUT2D eigenvalue weighted by Crippen LogP contribution is 2.13. The van der Waals surface area contributed by atoms with Crippen molar-refractivity contribution in [3.8, 4) is 0 Å². The number of nitrogens with zero attached hydrogens (tertiary/aromatic N) is 4. The molecule has 0 aromatic carbocycles. The Balaban J connectivity index is 2.52. The maximum atomic E-state index is 5.53. The van der Waals surface area contributed by atoms with Crippen LogP contribution in [0.3, 0.4) is 0 Å². The summed E-state index contributed by atoms with van der Waals surface area (Å²) >= 11 is 1.85.